The molecule has 0 amide bonds. The Balaban J connectivity index is 1.64. The maximum absolute atomic E-state index is 13.2. The minimum absolute atomic E-state index is 0.379. The molecule has 25 heavy (non-hydrogen) atoms. The van der Waals surface area contributed by atoms with Crippen molar-refractivity contribution in [2.24, 2.45) is 0 Å². The van der Waals surface area contributed by atoms with Gasteiger partial charge in [0.2, 0.25) is 0 Å². The van der Waals surface area contributed by atoms with Crippen molar-refractivity contribution in [1.29, 1.82) is 0 Å². The summed E-state index contributed by atoms with van der Waals surface area (Å²) in [5.74, 6) is -0.379. The van der Waals surface area contributed by atoms with Gasteiger partial charge in [-0.1, -0.05) is 6.07 Å². The minimum Gasteiger partial charge on any atom is -0.397 e. The van der Waals surface area contributed by atoms with Crippen LogP contribution in [0, 0.1) is 5.82 Å². The molecule has 0 aliphatic heterocycles. The fourth-order valence-corrected chi connectivity index (χ4v) is 2.69. The largest absolute Gasteiger partial charge is 0.397 e. The summed E-state index contributed by atoms with van der Waals surface area (Å²) in [6, 6.07) is 9.24. The van der Waals surface area contributed by atoms with E-state index in [1.165, 1.54) is 12.3 Å². The Morgan fingerprint density at radius 3 is 2.72 bits per heavy atom. The van der Waals surface area contributed by atoms with E-state index < -0.39 is 0 Å². The zero-order valence-electron chi connectivity index (χ0n) is 13.2. The van der Waals surface area contributed by atoms with E-state index in [2.05, 4.69) is 25.5 Å². The molecule has 1 aromatic carbocycles. The topological polar surface area (TPSA) is 92.5 Å². The minimum atomic E-state index is -0.379. The Labute approximate surface area is 142 Å². The second-order valence-electron chi connectivity index (χ2n) is 5.69. The molecule has 4 N–H and O–H groups in total. The van der Waals surface area contributed by atoms with Crippen LogP contribution in [0.3, 0.4) is 0 Å². The van der Waals surface area contributed by atoms with E-state index in [1.54, 1.807) is 18.6 Å². The van der Waals surface area contributed by atoms with E-state index >= 15 is 0 Å². The third-order valence-corrected chi connectivity index (χ3v) is 3.90. The normalized spacial score (nSPS) is 10.9. The first-order valence-electron chi connectivity index (χ1n) is 7.71. The second-order valence-corrected chi connectivity index (χ2v) is 5.69. The van der Waals surface area contributed by atoms with Crippen LogP contribution in [0.2, 0.25) is 0 Å². The van der Waals surface area contributed by atoms with Gasteiger partial charge in [-0.2, -0.15) is 5.10 Å². The highest BCUT2D eigenvalue weighted by molar-refractivity contribution is 5.87. The Morgan fingerprint density at radius 2 is 1.88 bits per heavy atom. The van der Waals surface area contributed by atoms with Gasteiger partial charge in [0.15, 0.2) is 0 Å². The highest BCUT2D eigenvalue weighted by Crippen LogP contribution is 2.26. The molecule has 7 heteroatoms. The maximum Gasteiger partial charge on any atom is 0.143 e. The predicted octanol–water partition coefficient (Wildman–Crippen LogP) is 3.35. The number of hydrogen-bond acceptors (Lipinski definition) is 5. The van der Waals surface area contributed by atoms with Crippen LogP contribution in [-0.4, -0.2) is 20.2 Å². The van der Waals surface area contributed by atoms with Gasteiger partial charge in [0.05, 0.1) is 41.5 Å². The fraction of sp³-hybridized carbons (Fsp3) is 0.0556. The summed E-state index contributed by atoms with van der Waals surface area (Å²) in [6.45, 7) is 0.472. The number of nitrogen functional groups attached to an aromatic ring is 1. The van der Waals surface area contributed by atoms with Crippen LogP contribution >= 0.6 is 0 Å². The first-order valence-corrected chi connectivity index (χ1v) is 7.71. The van der Waals surface area contributed by atoms with E-state index in [0.717, 1.165) is 27.7 Å². The number of aromatic nitrogens is 4. The van der Waals surface area contributed by atoms with Crippen molar-refractivity contribution in [2.45, 2.75) is 6.54 Å². The van der Waals surface area contributed by atoms with E-state index in [4.69, 9.17) is 5.73 Å². The van der Waals surface area contributed by atoms with Crippen molar-refractivity contribution in [3.63, 3.8) is 0 Å². The number of rotatable bonds is 4. The number of nitrogens with two attached hydrogens (primary N) is 1. The molecule has 4 rings (SSSR count). The smallest absolute Gasteiger partial charge is 0.143 e. The molecule has 4 aromatic rings. The van der Waals surface area contributed by atoms with E-state index in [-0.39, 0.29) is 5.82 Å². The van der Waals surface area contributed by atoms with Crippen molar-refractivity contribution in [3.8, 4) is 11.1 Å². The van der Waals surface area contributed by atoms with E-state index in [9.17, 15) is 4.39 Å². The average Bonchev–Trinajstić information content (AvgIpc) is 3.02. The van der Waals surface area contributed by atoms with Crippen LogP contribution in [0.25, 0.3) is 22.0 Å². The standard InChI is InChI=1S/C18H15FN6/c19-13-5-15(9-22-7-13)23-10-18-16-4-11(1-2-17(16)24-25-18)12-3-14(20)8-21-6-12/h1-9,23H,10,20H2,(H,24,25). The fourth-order valence-electron chi connectivity index (χ4n) is 2.69. The summed E-state index contributed by atoms with van der Waals surface area (Å²) in [6.07, 6.45) is 6.13. The Morgan fingerprint density at radius 1 is 1.00 bits per heavy atom. The number of anilines is 2. The van der Waals surface area contributed by atoms with Gasteiger partial charge in [-0.25, -0.2) is 4.39 Å². The average molecular weight is 334 g/mol. The molecule has 0 saturated carbocycles. The van der Waals surface area contributed by atoms with Crippen LogP contribution in [0.15, 0.2) is 55.1 Å². The molecular weight excluding hydrogens is 319 g/mol. The van der Waals surface area contributed by atoms with Crippen LogP contribution in [0.4, 0.5) is 15.8 Å². The van der Waals surface area contributed by atoms with Gasteiger partial charge in [-0.3, -0.25) is 15.1 Å². The molecule has 0 radical (unpaired) electrons. The summed E-state index contributed by atoms with van der Waals surface area (Å²) in [5.41, 5.74) is 10.7. The Bertz CT molecular complexity index is 1040. The van der Waals surface area contributed by atoms with Gasteiger partial charge < -0.3 is 11.1 Å². The van der Waals surface area contributed by atoms with Gasteiger partial charge in [-0.05, 0) is 23.8 Å². The molecule has 124 valence electrons. The lowest BCUT2D eigenvalue weighted by Gasteiger charge is -2.06. The van der Waals surface area contributed by atoms with Crippen molar-refractivity contribution in [2.75, 3.05) is 11.1 Å². The summed E-state index contributed by atoms with van der Waals surface area (Å²) in [7, 11) is 0. The van der Waals surface area contributed by atoms with Crippen LogP contribution in [0.1, 0.15) is 5.69 Å². The number of aromatic amines is 1. The zero-order chi connectivity index (χ0) is 17.2. The van der Waals surface area contributed by atoms with Gasteiger partial charge in [0.1, 0.15) is 5.82 Å². The summed E-state index contributed by atoms with van der Waals surface area (Å²) in [5, 5.41) is 11.5. The quantitative estimate of drug-likeness (QED) is 0.532. The zero-order valence-corrected chi connectivity index (χ0v) is 13.2. The molecule has 0 saturated heterocycles. The molecular formula is C18H15FN6. The predicted molar refractivity (Wildman–Crippen MR) is 95.3 cm³/mol. The molecule has 0 spiro atoms. The lowest BCUT2D eigenvalue weighted by atomic mass is 10.0. The summed E-state index contributed by atoms with van der Waals surface area (Å²) < 4.78 is 13.2. The number of nitrogens with one attached hydrogen (secondary N) is 2. The monoisotopic (exact) mass is 334 g/mol. The molecule has 3 aromatic heterocycles. The van der Waals surface area contributed by atoms with Gasteiger partial charge in [0, 0.05) is 29.4 Å². The van der Waals surface area contributed by atoms with Gasteiger partial charge >= 0.3 is 0 Å². The van der Waals surface area contributed by atoms with Crippen LogP contribution in [0.5, 0.6) is 0 Å². The number of H-pyrrole nitrogens is 1. The Hall–Kier alpha value is -3.48. The first kappa shape index (κ1) is 15.1. The molecule has 3 heterocycles. The van der Waals surface area contributed by atoms with Crippen molar-refractivity contribution in [3.05, 3.63) is 66.6 Å². The second kappa shape index (κ2) is 6.20. The molecule has 0 atom stereocenters. The third kappa shape index (κ3) is 3.12. The van der Waals surface area contributed by atoms with Crippen molar-refractivity contribution >= 4 is 22.3 Å². The molecule has 0 bridgehead atoms. The van der Waals surface area contributed by atoms with E-state index in [1.807, 2.05) is 24.3 Å². The molecule has 0 unspecified atom stereocenters. The van der Waals surface area contributed by atoms with Crippen molar-refractivity contribution < 1.29 is 4.39 Å². The van der Waals surface area contributed by atoms with Gasteiger partial charge in [0.25, 0.3) is 0 Å². The van der Waals surface area contributed by atoms with E-state index in [0.29, 0.717) is 17.9 Å². The third-order valence-electron chi connectivity index (χ3n) is 3.90. The number of benzene rings is 1. The van der Waals surface area contributed by atoms with Crippen LogP contribution in [-0.2, 0) is 6.54 Å². The van der Waals surface area contributed by atoms with Crippen LogP contribution < -0.4 is 11.1 Å². The molecule has 6 nitrogen and oxygen atoms in total. The molecule has 0 aliphatic rings. The van der Waals surface area contributed by atoms with Gasteiger partial charge in [-0.15, -0.1) is 0 Å². The SMILES string of the molecule is Nc1cncc(-c2ccc3n[nH]c(CNc4cncc(F)c4)c3c2)c1. The number of pyridine rings is 2. The van der Waals surface area contributed by atoms with Crippen molar-refractivity contribution in [1.82, 2.24) is 20.2 Å². The lowest BCUT2D eigenvalue weighted by molar-refractivity contribution is 0.622. The number of hydrogen-bond donors (Lipinski definition) is 3. The Kier molecular flexibility index (Phi) is 3.74. The lowest BCUT2D eigenvalue weighted by Crippen LogP contribution is -2.01. The maximum atomic E-state index is 13.2. The summed E-state index contributed by atoms with van der Waals surface area (Å²) in [4.78, 5) is 7.96. The highest BCUT2D eigenvalue weighted by Gasteiger charge is 2.08. The number of fused-ring (bicyclic) bond motifs is 1. The summed E-state index contributed by atoms with van der Waals surface area (Å²) >= 11 is 0. The highest BCUT2D eigenvalue weighted by atomic mass is 19.1. The molecule has 0 aliphatic carbocycles. The first-order chi connectivity index (χ1) is 12.2. The number of nitrogens with zero attached hydrogens (tertiary/aromatic N) is 3. The number of halogens is 1. The molecule has 0 fully saturated rings.